The Morgan fingerprint density at radius 2 is 1.80 bits per heavy atom. The van der Waals surface area contributed by atoms with E-state index in [2.05, 4.69) is 15.9 Å². The average molecular weight is 678 g/mol. The average Bonchev–Trinajstić information content (AvgIpc) is 3.34. The molecule has 1 aliphatic heterocycles. The first kappa shape index (κ1) is 31.3. The molecule has 1 atom stereocenters. The van der Waals surface area contributed by atoms with E-state index in [1.54, 1.807) is 43.9 Å². The van der Waals surface area contributed by atoms with E-state index in [-0.39, 0.29) is 12.2 Å². The predicted molar refractivity (Wildman–Crippen MR) is 174 cm³/mol. The van der Waals surface area contributed by atoms with E-state index in [4.69, 9.17) is 23.9 Å². The van der Waals surface area contributed by atoms with Crippen molar-refractivity contribution >= 4 is 39.3 Å². The Balaban J connectivity index is 1.63. The minimum atomic E-state index is -0.820. The summed E-state index contributed by atoms with van der Waals surface area (Å²) >= 11 is 4.89. The smallest absolute Gasteiger partial charge is 0.338 e. The van der Waals surface area contributed by atoms with Crippen molar-refractivity contribution in [2.75, 3.05) is 20.8 Å². The summed E-state index contributed by atoms with van der Waals surface area (Å²) in [5.74, 6) is 1.26. The van der Waals surface area contributed by atoms with E-state index in [0.29, 0.717) is 56.4 Å². The summed E-state index contributed by atoms with van der Waals surface area (Å²) in [7, 11) is 3.12. The van der Waals surface area contributed by atoms with Crippen molar-refractivity contribution in [1.29, 1.82) is 0 Å². The largest absolute Gasteiger partial charge is 0.497 e. The third-order valence-electron chi connectivity index (χ3n) is 7.11. The number of rotatable bonds is 11. The number of ether oxygens (including phenoxy) is 4. The van der Waals surface area contributed by atoms with Crippen LogP contribution in [0.25, 0.3) is 6.08 Å². The highest BCUT2D eigenvalue weighted by atomic mass is 79.9. The molecule has 0 N–H and O–H groups in total. The summed E-state index contributed by atoms with van der Waals surface area (Å²) in [6, 6.07) is 20.1. The van der Waals surface area contributed by atoms with Crippen LogP contribution in [0.2, 0.25) is 0 Å². The quantitative estimate of drug-likeness (QED) is 0.183. The number of benzene rings is 3. The number of aromatic nitrogens is 1. The molecule has 228 valence electrons. The zero-order valence-electron chi connectivity index (χ0n) is 25.0. The first-order valence-electron chi connectivity index (χ1n) is 14.3. The maximum absolute atomic E-state index is 14.2. The Hall–Kier alpha value is -4.15. The van der Waals surface area contributed by atoms with Gasteiger partial charge in [0.05, 0.1) is 41.1 Å². The SMILES string of the molecule is CCCC1=C(C(=O)OCC)[C@@H](c2cc(OC)ccc2OC)n2c(s/c(=C\c3ccc(OCc4ccccc4)c(Br)c3)c2=O)=N1. The molecule has 44 heavy (non-hydrogen) atoms. The molecule has 4 aromatic rings. The molecule has 0 amide bonds. The van der Waals surface area contributed by atoms with E-state index in [9.17, 15) is 9.59 Å². The number of thiazole rings is 1. The maximum atomic E-state index is 14.2. The second kappa shape index (κ2) is 14.1. The highest BCUT2D eigenvalue weighted by molar-refractivity contribution is 9.10. The molecular weight excluding hydrogens is 644 g/mol. The molecule has 0 aliphatic carbocycles. The van der Waals surface area contributed by atoms with E-state index < -0.39 is 12.0 Å². The van der Waals surface area contributed by atoms with Crippen molar-refractivity contribution in [1.82, 2.24) is 4.57 Å². The number of carbonyl (C=O) groups is 1. The van der Waals surface area contributed by atoms with Gasteiger partial charge in [0, 0.05) is 5.56 Å². The van der Waals surface area contributed by atoms with Crippen molar-refractivity contribution < 1.29 is 23.7 Å². The molecule has 0 bridgehead atoms. The summed E-state index contributed by atoms with van der Waals surface area (Å²) in [4.78, 5) is 33.0. The van der Waals surface area contributed by atoms with Crippen LogP contribution in [0.15, 0.2) is 92.3 Å². The molecule has 2 heterocycles. The van der Waals surface area contributed by atoms with Crippen LogP contribution < -0.4 is 29.1 Å². The van der Waals surface area contributed by atoms with Gasteiger partial charge in [-0.25, -0.2) is 9.79 Å². The minimum Gasteiger partial charge on any atom is -0.497 e. The number of halogens is 1. The Morgan fingerprint density at radius 3 is 2.48 bits per heavy atom. The number of methoxy groups -OCH3 is 2. The van der Waals surface area contributed by atoms with Crippen LogP contribution in [0.3, 0.4) is 0 Å². The third kappa shape index (κ3) is 6.51. The Labute approximate surface area is 268 Å². The van der Waals surface area contributed by atoms with Crippen molar-refractivity contribution in [3.05, 3.63) is 119 Å². The lowest BCUT2D eigenvalue weighted by Gasteiger charge is -2.27. The van der Waals surface area contributed by atoms with E-state index >= 15 is 0 Å². The number of nitrogens with zero attached hydrogens (tertiary/aromatic N) is 2. The molecule has 1 aromatic heterocycles. The monoisotopic (exact) mass is 676 g/mol. The van der Waals surface area contributed by atoms with Crippen LogP contribution in [0.1, 0.15) is 49.4 Å². The van der Waals surface area contributed by atoms with Crippen molar-refractivity contribution in [3.63, 3.8) is 0 Å². The van der Waals surface area contributed by atoms with Crippen LogP contribution in [0.5, 0.6) is 17.2 Å². The summed E-state index contributed by atoms with van der Waals surface area (Å²) in [6.45, 7) is 4.40. The van der Waals surface area contributed by atoms with Crippen molar-refractivity contribution in [2.24, 2.45) is 4.99 Å². The van der Waals surface area contributed by atoms with Gasteiger partial charge in [-0.3, -0.25) is 9.36 Å². The molecular formula is C34H33BrN2O6S. The molecule has 0 fully saturated rings. The highest BCUT2D eigenvalue weighted by Crippen LogP contribution is 2.38. The zero-order valence-corrected chi connectivity index (χ0v) is 27.4. The van der Waals surface area contributed by atoms with Gasteiger partial charge < -0.3 is 18.9 Å². The number of esters is 1. The molecule has 0 unspecified atom stereocenters. The third-order valence-corrected chi connectivity index (χ3v) is 8.72. The molecule has 0 saturated heterocycles. The predicted octanol–water partition coefficient (Wildman–Crippen LogP) is 5.94. The van der Waals surface area contributed by atoms with Gasteiger partial charge in [-0.05, 0) is 76.8 Å². The molecule has 0 saturated carbocycles. The van der Waals surface area contributed by atoms with Crippen molar-refractivity contribution in [2.45, 2.75) is 39.3 Å². The Morgan fingerprint density at radius 1 is 1.02 bits per heavy atom. The molecule has 8 nitrogen and oxygen atoms in total. The lowest BCUT2D eigenvalue weighted by atomic mass is 9.93. The first-order chi connectivity index (χ1) is 21.4. The standard InChI is InChI=1S/C34H33BrN2O6S/c1-5-10-26-30(33(39)42-6-2)31(24-19-23(40-3)14-16-27(24)41-4)37-32(38)29(44-34(37)36-26)18-22-13-15-28(25(35)17-22)43-20-21-11-8-7-9-12-21/h7-9,11-19,31H,5-6,10,20H2,1-4H3/b29-18-/t31-/m1/s1. The molecule has 1 aliphatic rings. The van der Waals surface area contributed by atoms with Crippen LogP contribution in [0.4, 0.5) is 0 Å². The number of hydrogen-bond acceptors (Lipinski definition) is 8. The zero-order chi connectivity index (χ0) is 31.2. The minimum absolute atomic E-state index is 0.189. The van der Waals surface area contributed by atoms with Gasteiger partial charge in [0.2, 0.25) is 0 Å². The molecule has 0 spiro atoms. The van der Waals surface area contributed by atoms with Gasteiger partial charge in [0.1, 0.15) is 29.9 Å². The fraction of sp³-hybridized carbons (Fsp3) is 0.265. The first-order valence-corrected chi connectivity index (χ1v) is 15.9. The Kier molecular flexibility index (Phi) is 10.0. The van der Waals surface area contributed by atoms with Crippen LogP contribution in [0, 0.1) is 0 Å². The van der Waals surface area contributed by atoms with Crippen LogP contribution in [-0.4, -0.2) is 31.4 Å². The van der Waals surface area contributed by atoms with E-state index in [0.717, 1.165) is 22.0 Å². The molecule has 5 rings (SSSR count). The topological polar surface area (TPSA) is 88.4 Å². The van der Waals surface area contributed by atoms with Gasteiger partial charge in [-0.1, -0.05) is 61.1 Å². The van der Waals surface area contributed by atoms with Gasteiger partial charge >= 0.3 is 5.97 Å². The van der Waals surface area contributed by atoms with E-state index in [1.165, 1.54) is 11.3 Å². The normalized spacial score (nSPS) is 14.6. The molecule has 3 aromatic carbocycles. The maximum Gasteiger partial charge on any atom is 0.338 e. The number of carbonyl (C=O) groups excluding carboxylic acids is 1. The summed E-state index contributed by atoms with van der Waals surface area (Å²) in [6.07, 6.45) is 3.12. The van der Waals surface area contributed by atoms with E-state index in [1.807, 2.05) is 61.5 Å². The van der Waals surface area contributed by atoms with Gasteiger partial charge in [-0.15, -0.1) is 0 Å². The molecule has 0 radical (unpaired) electrons. The van der Waals surface area contributed by atoms with Crippen LogP contribution >= 0.6 is 27.3 Å². The number of allylic oxidation sites excluding steroid dienone is 1. The fourth-order valence-electron chi connectivity index (χ4n) is 5.08. The van der Waals surface area contributed by atoms with Gasteiger partial charge in [0.15, 0.2) is 4.80 Å². The molecule has 10 heteroatoms. The fourth-order valence-corrected chi connectivity index (χ4v) is 6.61. The second-order valence-corrected chi connectivity index (χ2v) is 11.8. The van der Waals surface area contributed by atoms with Crippen molar-refractivity contribution in [3.8, 4) is 17.2 Å². The van der Waals surface area contributed by atoms with Gasteiger partial charge in [-0.2, -0.15) is 0 Å². The van der Waals surface area contributed by atoms with Crippen LogP contribution in [-0.2, 0) is 16.1 Å². The second-order valence-electron chi connectivity index (χ2n) is 9.99. The number of hydrogen-bond donors (Lipinski definition) is 0. The van der Waals surface area contributed by atoms with Gasteiger partial charge in [0.25, 0.3) is 5.56 Å². The number of fused-ring (bicyclic) bond motifs is 1. The lowest BCUT2D eigenvalue weighted by Crippen LogP contribution is -2.40. The summed E-state index contributed by atoms with van der Waals surface area (Å²) in [5, 5.41) is 0. The summed E-state index contributed by atoms with van der Waals surface area (Å²) < 4.78 is 25.5. The highest BCUT2D eigenvalue weighted by Gasteiger charge is 2.36. The lowest BCUT2D eigenvalue weighted by molar-refractivity contribution is -0.139. The summed E-state index contributed by atoms with van der Waals surface area (Å²) in [5.41, 5.74) is 3.12. The Bertz CT molecular complexity index is 1880.